The molecule has 0 bridgehead atoms. The van der Waals surface area contributed by atoms with Gasteiger partial charge in [-0.25, -0.2) is 0 Å². The molecule has 0 atom stereocenters. The Morgan fingerprint density at radius 1 is 1.38 bits per heavy atom. The highest BCUT2D eigenvalue weighted by Crippen LogP contribution is 2.30. The number of ether oxygens (including phenoxy) is 1. The average Bonchev–Trinajstić information content (AvgIpc) is 2.73. The number of hydrogen-bond acceptors (Lipinski definition) is 2. The second-order valence-electron chi connectivity index (χ2n) is 4.08. The number of nitrogen functional groups attached to an aromatic ring is 1. The van der Waals surface area contributed by atoms with Gasteiger partial charge < -0.3 is 10.5 Å². The van der Waals surface area contributed by atoms with E-state index < -0.39 is 0 Å². The number of nitrogens with two attached hydrogens (primary N) is 1. The predicted octanol–water partition coefficient (Wildman–Crippen LogP) is 3.05. The fourth-order valence-electron chi connectivity index (χ4n) is 1.95. The van der Waals surface area contributed by atoms with Gasteiger partial charge in [-0.3, -0.25) is 5.41 Å². The summed E-state index contributed by atoms with van der Waals surface area (Å²) in [7, 11) is 0. The number of hydrogen-bond donors (Lipinski definition) is 2. The quantitative estimate of drug-likeness (QED) is 0.661. The first kappa shape index (κ1) is 11.5. The SMILES string of the molecule is N=C(N)c1ccc(OC2CCCC2)c(Br)c1. The van der Waals surface area contributed by atoms with Crippen molar-refractivity contribution in [2.24, 2.45) is 5.73 Å². The van der Waals surface area contributed by atoms with Crippen molar-refractivity contribution in [3.05, 3.63) is 28.2 Å². The van der Waals surface area contributed by atoms with E-state index in [1.165, 1.54) is 12.8 Å². The monoisotopic (exact) mass is 282 g/mol. The molecule has 4 heteroatoms. The van der Waals surface area contributed by atoms with E-state index in [9.17, 15) is 0 Å². The van der Waals surface area contributed by atoms with Gasteiger partial charge in [0.15, 0.2) is 0 Å². The standard InChI is InChI=1S/C12H15BrN2O/c13-10-7-8(12(14)15)5-6-11(10)16-9-3-1-2-4-9/h5-7,9H,1-4H2,(H3,14,15). The second kappa shape index (κ2) is 4.87. The molecule has 0 aliphatic heterocycles. The lowest BCUT2D eigenvalue weighted by Crippen LogP contribution is -2.13. The van der Waals surface area contributed by atoms with Gasteiger partial charge in [0.05, 0.1) is 10.6 Å². The molecule has 3 N–H and O–H groups in total. The topological polar surface area (TPSA) is 59.1 Å². The van der Waals surface area contributed by atoms with Gasteiger partial charge in [0.2, 0.25) is 0 Å². The smallest absolute Gasteiger partial charge is 0.133 e. The Hall–Kier alpha value is -1.03. The summed E-state index contributed by atoms with van der Waals surface area (Å²) in [4.78, 5) is 0. The van der Waals surface area contributed by atoms with Crippen LogP contribution in [0.4, 0.5) is 0 Å². The van der Waals surface area contributed by atoms with Gasteiger partial charge >= 0.3 is 0 Å². The van der Waals surface area contributed by atoms with Crippen LogP contribution in [0.5, 0.6) is 5.75 Å². The zero-order valence-electron chi connectivity index (χ0n) is 9.00. The van der Waals surface area contributed by atoms with Gasteiger partial charge in [-0.05, 0) is 59.8 Å². The van der Waals surface area contributed by atoms with Crippen molar-refractivity contribution >= 4 is 21.8 Å². The van der Waals surface area contributed by atoms with E-state index in [-0.39, 0.29) is 5.84 Å². The van der Waals surface area contributed by atoms with Crippen LogP contribution >= 0.6 is 15.9 Å². The van der Waals surface area contributed by atoms with Crippen molar-refractivity contribution in [1.82, 2.24) is 0 Å². The molecule has 1 fully saturated rings. The lowest BCUT2D eigenvalue weighted by Gasteiger charge is -2.14. The first-order valence-electron chi connectivity index (χ1n) is 5.47. The molecule has 2 rings (SSSR count). The molecule has 1 aliphatic carbocycles. The molecule has 0 amide bonds. The van der Waals surface area contributed by atoms with Crippen molar-refractivity contribution in [3.63, 3.8) is 0 Å². The number of halogens is 1. The summed E-state index contributed by atoms with van der Waals surface area (Å²) in [5.41, 5.74) is 6.13. The Bertz CT molecular complexity index is 400. The first-order valence-corrected chi connectivity index (χ1v) is 6.27. The zero-order valence-corrected chi connectivity index (χ0v) is 10.6. The Kier molecular flexibility index (Phi) is 3.49. The summed E-state index contributed by atoms with van der Waals surface area (Å²) < 4.78 is 6.75. The third-order valence-electron chi connectivity index (χ3n) is 2.84. The van der Waals surface area contributed by atoms with Crippen LogP contribution in [0.3, 0.4) is 0 Å². The lowest BCUT2D eigenvalue weighted by molar-refractivity contribution is 0.208. The molecular weight excluding hydrogens is 268 g/mol. The third kappa shape index (κ3) is 2.55. The van der Waals surface area contributed by atoms with Gasteiger partial charge in [-0.1, -0.05) is 0 Å². The highest BCUT2D eigenvalue weighted by atomic mass is 79.9. The van der Waals surface area contributed by atoms with E-state index in [4.69, 9.17) is 15.9 Å². The maximum atomic E-state index is 7.34. The number of amidine groups is 1. The van der Waals surface area contributed by atoms with E-state index in [0.717, 1.165) is 23.1 Å². The summed E-state index contributed by atoms with van der Waals surface area (Å²) in [6.45, 7) is 0. The lowest BCUT2D eigenvalue weighted by atomic mass is 10.2. The molecule has 0 spiro atoms. The molecule has 0 radical (unpaired) electrons. The summed E-state index contributed by atoms with van der Waals surface area (Å²) in [5.74, 6) is 0.921. The molecule has 16 heavy (non-hydrogen) atoms. The maximum absolute atomic E-state index is 7.34. The Balaban J connectivity index is 2.12. The largest absolute Gasteiger partial charge is 0.489 e. The van der Waals surface area contributed by atoms with Crippen LogP contribution in [-0.2, 0) is 0 Å². The third-order valence-corrected chi connectivity index (χ3v) is 3.46. The van der Waals surface area contributed by atoms with E-state index in [2.05, 4.69) is 15.9 Å². The van der Waals surface area contributed by atoms with Crippen LogP contribution < -0.4 is 10.5 Å². The summed E-state index contributed by atoms with van der Waals surface area (Å²) in [6.07, 6.45) is 5.14. The van der Waals surface area contributed by atoms with Crippen molar-refractivity contribution < 1.29 is 4.74 Å². The van der Waals surface area contributed by atoms with Gasteiger partial charge in [0.1, 0.15) is 11.6 Å². The predicted molar refractivity (Wildman–Crippen MR) is 68.0 cm³/mol. The second-order valence-corrected chi connectivity index (χ2v) is 4.94. The molecule has 0 saturated heterocycles. The molecule has 1 aromatic rings. The normalized spacial score (nSPS) is 16.3. The van der Waals surface area contributed by atoms with Crippen LogP contribution in [0.1, 0.15) is 31.2 Å². The first-order chi connectivity index (χ1) is 7.66. The van der Waals surface area contributed by atoms with E-state index in [0.29, 0.717) is 11.7 Å². The highest BCUT2D eigenvalue weighted by Gasteiger charge is 2.17. The Morgan fingerprint density at radius 2 is 2.06 bits per heavy atom. The van der Waals surface area contributed by atoms with Crippen molar-refractivity contribution in [1.29, 1.82) is 5.41 Å². The van der Waals surface area contributed by atoms with Crippen LogP contribution in [-0.4, -0.2) is 11.9 Å². The van der Waals surface area contributed by atoms with Gasteiger partial charge in [0, 0.05) is 5.56 Å². The van der Waals surface area contributed by atoms with Gasteiger partial charge in [-0.15, -0.1) is 0 Å². The van der Waals surface area contributed by atoms with E-state index in [1.807, 2.05) is 18.2 Å². The number of nitrogens with one attached hydrogen (secondary N) is 1. The number of rotatable bonds is 3. The van der Waals surface area contributed by atoms with Crippen molar-refractivity contribution in [3.8, 4) is 5.75 Å². The molecule has 1 aliphatic rings. The van der Waals surface area contributed by atoms with Crippen LogP contribution in [0, 0.1) is 5.41 Å². The minimum atomic E-state index is 0.0770. The van der Waals surface area contributed by atoms with Crippen LogP contribution in [0.2, 0.25) is 0 Å². The molecule has 1 saturated carbocycles. The highest BCUT2D eigenvalue weighted by molar-refractivity contribution is 9.10. The summed E-state index contributed by atoms with van der Waals surface area (Å²) in [5, 5.41) is 7.34. The summed E-state index contributed by atoms with van der Waals surface area (Å²) in [6, 6.07) is 5.52. The van der Waals surface area contributed by atoms with Crippen molar-refractivity contribution in [2.75, 3.05) is 0 Å². The van der Waals surface area contributed by atoms with E-state index >= 15 is 0 Å². The molecular formula is C12H15BrN2O. The molecule has 0 heterocycles. The minimum Gasteiger partial charge on any atom is -0.489 e. The molecule has 86 valence electrons. The molecule has 0 unspecified atom stereocenters. The summed E-state index contributed by atoms with van der Waals surface area (Å²) >= 11 is 3.45. The van der Waals surface area contributed by atoms with Gasteiger partial charge in [0.25, 0.3) is 0 Å². The fourth-order valence-corrected chi connectivity index (χ4v) is 2.42. The van der Waals surface area contributed by atoms with Crippen LogP contribution in [0.25, 0.3) is 0 Å². The molecule has 1 aromatic carbocycles. The Labute approximate surface area is 104 Å². The minimum absolute atomic E-state index is 0.0770. The maximum Gasteiger partial charge on any atom is 0.133 e. The molecule has 3 nitrogen and oxygen atoms in total. The average molecular weight is 283 g/mol. The van der Waals surface area contributed by atoms with Gasteiger partial charge in [-0.2, -0.15) is 0 Å². The van der Waals surface area contributed by atoms with E-state index in [1.54, 1.807) is 0 Å². The van der Waals surface area contributed by atoms with Crippen LogP contribution in [0.15, 0.2) is 22.7 Å². The number of benzene rings is 1. The zero-order chi connectivity index (χ0) is 11.5. The fraction of sp³-hybridized carbons (Fsp3) is 0.417. The van der Waals surface area contributed by atoms with Crippen molar-refractivity contribution in [2.45, 2.75) is 31.8 Å². The Morgan fingerprint density at radius 3 is 2.62 bits per heavy atom. The molecule has 0 aromatic heterocycles.